The van der Waals surface area contributed by atoms with Gasteiger partial charge in [0.15, 0.2) is 0 Å². The van der Waals surface area contributed by atoms with Crippen molar-refractivity contribution in [2.75, 3.05) is 0 Å². The zero-order valence-electron chi connectivity index (χ0n) is 17.4. The highest BCUT2D eigenvalue weighted by atomic mass is 35.5. The third kappa shape index (κ3) is 5.22. The lowest BCUT2D eigenvalue weighted by atomic mass is 10.1. The van der Waals surface area contributed by atoms with Crippen LogP contribution in [0.3, 0.4) is 0 Å². The first-order chi connectivity index (χ1) is 16.4. The Kier molecular flexibility index (Phi) is 6.55. The Morgan fingerprint density at radius 1 is 0.971 bits per heavy atom. The topological polar surface area (TPSA) is 145 Å². The van der Waals surface area contributed by atoms with Crippen LogP contribution < -0.4 is 10.9 Å². The zero-order chi connectivity index (χ0) is 24.1. The molecule has 4 aromatic rings. The fourth-order valence-corrected chi connectivity index (χ4v) is 3.21. The molecule has 0 fully saturated rings. The summed E-state index contributed by atoms with van der Waals surface area (Å²) in [5, 5.41) is 23.7. The van der Waals surface area contributed by atoms with Crippen LogP contribution in [0.1, 0.15) is 26.3 Å². The molecule has 4 rings (SSSR count). The van der Waals surface area contributed by atoms with Crippen molar-refractivity contribution in [3.63, 3.8) is 0 Å². The minimum atomic E-state index is -0.847. The van der Waals surface area contributed by atoms with Crippen LogP contribution in [-0.2, 0) is 6.54 Å². The van der Waals surface area contributed by atoms with Gasteiger partial charge < -0.3 is 0 Å². The van der Waals surface area contributed by atoms with E-state index in [1.165, 1.54) is 16.9 Å². The Balaban J connectivity index is 1.36. The third-order valence-electron chi connectivity index (χ3n) is 4.72. The van der Waals surface area contributed by atoms with Crippen molar-refractivity contribution >= 4 is 29.1 Å². The number of nitrogens with zero attached hydrogens (tertiary/aromatic N) is 5. The van der Waals surface area contributed by atoms with Gasteiger partial charge in [-0.05, 0) is 35.0 Å². The number of aromatic nitrogens is 4. The van der Waals surface area contributed by atoms with E-state index in [0.29, 0.717) is 12.4 Å². The monoisotopic (exact) mass is 477 g/mol. The van der Waals surface area contributed by atoms with E-state index in [4.69, 9.17) is 11.6 Å². The zero-order valence-corrected chi connectivity index (χ0v) is 18.1. The van der Waals surface area contributed by atoms with Gasteiger partial charge in [0.05, 0.1) is 11.5 Å². The molecular weight excluding hydrogens is 462 g/mol. The molecule has 0 saturated heterocycles. The summed E-state index contributed by atoms with van der Waals surface area (Å²) in [5.74, 6) is -0.935. The Morgan fingerprint density at radius 2 is 1.68 bits per heavy atom. The van der Waals surface area contributed by atoms with Gasteiger partial charge in [-0.15, -0.1) is 10.2 Å². The van der Waals surface area contributed by atoms with Gasteiger partial charge in [-0.2, -0.15) is 4.80 Å². The summed E-state index contributed by atoms with van der Waals surface area (Å²) in [4.78, 5) is 36.5. The molecule has 11 nitrogen and oxygen atoms in total. The Morgan fingerprint density at radius 3 is 2.38 bits per heavy atom. The molecule has 1 aromatic heterocycles. The molecule has 12 heteroatoms. The van der Waals surface area contributed by atoms with Crippen LogP contribution >= 0.6 is 11.6 Å². The molecule has 34 heavy (non-hydrogen) atoms. The van der Waals surface area contributed by atoms with Crippen molar-refractivity contribution in [1.29, 1.82) is 0 Å². The predicted molar refractivity (Wildman–Crippen MR) is 122 cm³/mol. The average molecular weight is 478 g/mol. The van der Waals surface area contributed by atoms with Crippen LogP contribution in [0.4, 0.5) is 5.69 Å². The largest absolute Gasteiger partial charge is 0.283 e. The van der Waals surface area contributed by atoms with Crippen molar-refractivity contribution in [3.05, 3.63) is 105 Å². The van der Waals surface area contributed by atoms with Gasteiger partial charge in [-0.1, -0.05) is 54.1 Å². The fraction of sp³-hybridized carbons (Fsp3) is 0.0455. The van der Waals surface area contributed by atoms with E-state index in [1.54, 1.807) is 24.3 Å². The summed E-state index contributed by atoms with van der Waals surface area (Å²) >= 11 is 5.75. The molecule has 0 atom stereocenters. The number of hydrogen-bond acceptors (Lipinski definition) is 7. The van der Waals surface area contributed by atoms with E-state index < -0.39 is 22.4 Å². The number of nitrogens with one attached hydrogen (secondary N) is 2. The van der Waals surface area contributed by atoms with Crippen LogP contribution in [0.2, 0.25) is 5.02 Å². The second-order valence-corrected chi connectivity index (χ2v) is 7.47. The number of hydrazine groups is 1. The van der Waals surface area contributed by atoms with Crippen molar-refractivity contribution in [1.82, 2.24) is 31.1 Å². The summed E-state index contributed by atoms with van der Waals surface area (Å²) in [6, 6.07) is 19.6. The van der Waals surface area contributed by atoms with E-state index in [-0.39, 0.29) is 16.1 Å². The summed E-state index contributed by atoms with van der Waals surface area (Å²) in [7, 11) is 0. The fourth-order valence-electron chi connectivity index (χ4n) is 3.04. The van der Waals surface area contributed by atoms with Gasteiger partial charge in [-0.3, -0.25) is 30.6 Å². The van der Waals surface area contributed by atoms with E-state index in [2.05, 4.69) is 26.3 Å². The van der Waals surface area contributed by atoms with E-state index in [1.807, 2.05) is 30.3 Å². The molecule has 0 saturated carbocycles. The molecule has 0 aliphatic heterocycles. The van der Waals surface area contributed by atoms with E-state index in [9.17, 15) is 19.7 Å². The Hall–Kier alpha value is -4.64. The van der Waals surface area contributed by atoms with Gasteiger partial charge in [-0.25, -0.2) is 0 Å². The molecule has 2 amide bonds. The van der Waals surface area contributed by atoms with Crippen molar-refractivity contribution in [3.8, 4) is 11.4 Å². The SMILES string of the molecule is O=C(NNC(=O)c1ccc(Cl)cc1[N+](=O)[O-])c1ccc(Cn2nnc(-c3ccccc3)n2)cc1. The lowest BCUT2D eigenvalue weighted by Crippen LogP contribution is -2.41. The highest BCUT2D eigenvalue weighted by molar-refractivity contribution is 6.31. The molecule has 0 aliphatic carbocycles. The summed E-state index contributed by atoms with van der Waals surface area (Å²) < 4.78 is 0. The van der Waals surface area contributed by atoms with Gasteiger partial charge in [0.25, 0.3) is 17.5 Å². The van der Waals surface area contributed by atoms with Crippen LogP contribution in [-0.4, -0.2) is 36.9 Å². The number of tetrazole rings is 1. The number of amides is 2. The molecule has 1 heterocycles. The van der Waals surface area contributed by atoms with Gasteiger partial charge in [0.2, 0.25) is 5.82 Å². The second kappa shape index (κ2) is 9.88. The van der Waals surface area contributed by atoms with Gasteiger partial charge >= 0.3 is 0 Å². The maximum Gasteiger partial charge on any atom is 0.283 e. The highest BCUT2D eigenvalue weighted by Gasteiger charge is 2.21. The molecule has 0 spiro atoms. The summed E-state index contributed by atoms with van der Waals surface area (Å²) in [6.45, 7) is 0.346. The molecule has 0 bridgehead atoms. The second-order valence-electron chi connectivity index (χ2n) is 7.03. The average Bonchev–Trinajstić information content (AvgIpc) is 3.31. The van der Waals surface area contributed by atoms with Crippen LogP contribution in [0.25, 0.3) is 11.4 Å². The highest BCUT2D eigenvalue weighted by Crippen LogP contribution is 2.23. The van der Waals surface area contributed by atoms with Crippen LogP contribution in [0.15, 0.2) is 72.8 Å². The minimum Gasteiger partial charge on any atom is -0.267 e. The number of hydrogen-bond donors (Lipinski definition) is 2. The number of benzene rings is 3. The number of nitro groups is 1. The molecule has 0 unspecified atom stereocenters. The maximum atomic E-state index is 12.4. The van der Waals surface area contributed by atoms with E-state index in [0.717, 1.165) is 17.2 Å². The molecule has 0 aliphatic rings. The molecule has 170 valence electrons. The standard InChI is InChI=1S/C22H16ClN7O4/c23-17-10-11-18(19(12-17)30(33)34)22(32)26-25-21(31)16-8-6-14(7-9-16)13-29-27-20(24-28-29)15-4-2-1-3-5-15/h1-12H,13H2,(H,25,31)(H,26,32). The van der Waals surface area contributed by atoms with Crippen LogP contribution in [0, 0.1) is 10.1 Å². The number of carbonyl (C=O) groups is 2. The normalized spacial score (nSPS) is 10.5. The first-order valence-corrected chi connectivity index (χ1v) is 10.3. The molecular formula is C22H16ClN7O4. The summed E-state index contributed by atoms with van der Waals surface area (Å²) in [5.41, 5.74) is 5.64. The maximum absolute atomic E-state index is 12.4. The molecule has 2 N–H and O–H groups in total. The van der Waals surface area contributed by atoms with E-state index >= 15 is 0 Å². The number of halogens is 1. The van der Waals surface area contributed by atoms with Gasteiger partial charge in [0.1, 0.15) is 5.56 Å². The quantitative estimate of drug-likeness (QED) is 0.320. The lowest BCUT2D eigenvalue weighted by Gasteiger charge is -2.08. The number of rotatable bonds is 6. The minimum absolute atomic E-state index is 0.116. The van der Waals surface area contributed by atoms with Crippen molar-refractivity contribution in [2.24, 2.45) is 0 Å². The first-order valence-electron chi connectivity index (χ1n) is 9.87. The molecule has 3 aromatic carbocycles. The number of carbonyl (C=O) groups excluding carboxylic acids is 2. The predicted octanol–water partition coefficient (Wildman–Crippen LogP) is 3.02. The Labute approximate surface area is 197 Å². The lowest BCUT2D eigenvalue weighted by molar-refractivity contribution is -0.385. The third-order valence-corrected chi connectivity index (χ3v) is 4.95. The number of nitro benzene ring substituents is 1. The smallest absolute Gasteiger partial charge is 0.267 e. The summed E-state index contributed by atoms with van der Waals surface area (Å²) in [6.07, 6.45) is 0. The van der Waals surface area contributed by atoms with Crippen molar-refractivity contribution in [2.45, 2.75) is 6.54 Å². The Bertz CT molecular complexity index is 1360. The van der Waals surface area contributed by atoms with Crippen molar-refractivity contribution < 1.29 is 14.5 Å². The van der Waals surface area contributed by atoms with Gasteiger partial charge in [0, 0.05) is 22.2 Å². The van der Waals surface area contributed by atoms with Crippen LogP contribution in [0.5, 0.6) is 0 Å². The first kappa shape index (κ1) is 22.6. The molecule has 0 radical (unpaired) electrons.